The lowest BCUT2D eigenvalue weighted by Crippen LogP contribution is -2.01. The van der Waals surface area contributed by atoms with Crippen molar-refractivity contribution in [2.45, 2.75) is 19.3 Å². The lowest BCUT2D eigenvalue weighted by Gasteiger charge is -2.07. The molecule has 0 atom stereocenters. The number of benzene rings is 1. The van der Waals surface area contributed by atoms with Gasteiger partial charge in [0.1, 0.15) is 5.75 Å². The van der Waals surface area contributed by atoms with Crippen molar-refractivity contribution in [3.05, 3.63) is 28.7 Å². The van der Waals surface area contributed by atoms with Gasteiger partial charge in [0.15, 0.2) is 0 Å². The van der Waals surface area contributed by atoms with Crippen molar-refractivity contribution in [1.29, 1.82) is 0 Å². The average Bonchev–Trinajstić information content (AvgIpc) is 2.24. The zero-order chi connectivity index (χ0) is 12.7. The Bertz CT molecular complexity index is 448. The summed E-state index contributed by atoms with van der Waals surface area (Å²) in [4.78, 5) is 0. The number of hydrogen-bond donors (Lipinski definition) is 0. The maximum atomic E-state index is 10.7. The van der Waals surface area contributed by atoms with E-state index < -0.39 is 9.05 Å². The maximum absolute atomic E-state index is 10.7. The van der Waals surface area contributed by atoms with Crippen LogP contribution in [0.3, 0.4) is 0 Å². The molecule has 0 aliphatic rings. The zero-order valence-electron chi connectivity index (χ0n) is 9.23. The summed E-state index contributed by atoms with van der Waals surface area (Å²) in [5, 5.41) is 0. The molecule has 0 fully saturated rings. The first-order valence-corrected chi connectivity index (χ1v) is 8.56. The second-order valence-corrected chi connectivity index (χ2v) is 7.33. The van der Waals surface area contributed by atoms with Crippen LogP contribution in [0, 0.1) is 0 Å². The van der Waals surface area contributed by atoms with Gasteiger partial charge in [0.05, 0.1) is 16.8 Å². The predicted octanol–water partition coefficient (Wildman–Crippen LogP) is 3.57. The van der Waals surface area contributed by atoms with Gasteiger partial charge in [0.25, 0.3) is 0 Å². The van der Waals surface area contributed by atoms with Crippen LogP contribution in [0.1, 0.15) is 19.3 Å². The first-order chi connectivity index (χ1) is 7.99. The number of unbranched alkanes of at least 4 members (excludes halogenated alkanes) is 2. The summed E-state index contributed by atoms with van der Waals surface area (Å²) in [5.74, 6) is 0.835. The molecule has 1 aromatic carbocycles. The van der Waals surface area contributed by atoms with Crippen LogP contribution in [-0.4, -0.2) is 20.8 Å². The van der Waals surface area contributed by atoms with Crippen molar-refractivity contribution in [1.82, 2.24) is 0 Å². The molecule has 0 spiro atoms. The van der Waals surface area contributed by atoms with Gasteiger partial charge < -0.3 is 4.74 Å². The predicted molar refractivity (Wildman–Crippen MR) is 73.1 cm³/mol. The van der Waals surface area contributed by atoms with E-state index in [-0.39, 0.29) is 5.75 Å². The molecule has 0 aliphatic carbocycles. The topological polar surface area (TPSA) is 43.4 Å². The lowest BCUT2D eigenvalue weighted by atomic mass is 10.3. The summed E-state index contributed by atoms with van der Waals surface area (Å²) in [7, 11) is 1.75. The molecule has 0 N–H and O–H groups in total. The van der Waals surface area contributed by atoms with Crippen LogP contribution in [0.2, 0.25) is 0 Å². The summed E-state index contributed by atoms with van der Waals surface area (Å²) < 4.78 is 27.8. The van der Waals surface area contributed by atoms with Crippen molar-refractivity contribution in [3.8, 4) is 5.75 Å². The van der Waals surface area contributed by atoms with Crippen molar-refractivity contribution >= 4 is 35.7 Å². The molecule has 0 radical (unpaired) electrons. The summed E-state index contributed by atoms with van der Waals surface area (Å²) in [6.07, 6.45) is 2.18. The Morgan fingerprint density at radius 3 is 2.53 bits per heavy atom. The first kappa shape index (κ1) is 14.8. The maximum Gasteiger partial charge on any atom is 0.232 e. The molecule has 96 valence electrons. The Labute approximate surface area is 115 Å². The van der Waals surface area contributed by atoms with Crippen LogP contribution < -0.4 is 4.74 Å². The summed E-state index contributed by atoms with van der Waals surface area (Å²) in [5.41, 5.74) is 0. The fraction of sp³-hybridized carbons (Fsp3) is 0.455. The van der Waals surface area contributed by atoms with E-state index in [9.17, 15) is 8.42 Å². The second-order valence-electron chi connectivity index (χ2n) is 3.58. The minimum Gasteiger partial charge on any atom is -0.492 e. The summed E-state index contributed by atoms with van der Waals surface area (Å²) >= 11 is 3.38. The van der Waals surface area contributed by atoms with Crippen LogP contribution in [0.25, 0.3) is 0 Å². The molecule has 1 aromatic rings. The smallest absolute Gasteiger partial charge is 0.232 e. The minimum absolute atomic E-state index is 0.0313. The molecule has 6 heteroatoms. The van der Waals surface area contributed by atoms with Crippen LogP contribution in [0.15, 0.2) is 28.7 Å². The highest BCUT2D eigenvalue weighted by atomic mass is 79.9. The SMILES string of the molecule is O=S(=O)(Cl)CCCCCOc1ccccc1Br. The van der Waals surface area contributed by atoms with Gasteiger partial charge in [-0.25, -0.2) is 8.42 Å². The molecule has 3 nitrogen and oxygen atoms in total. The molecular weight excluding hydrogens is 328 g/mol. The van der Waals surface area contributed by atoms with E-state index in [1.54, 1.807) is 0 Å². The number of rotatable bonds is 7. The Morgan fingerprint density at radius 1 is 1.18 bits per heavy atom. The van der Waals surface area contributed by atoms with E-state index in [0.717, 1.165) is 23.1 Å². The minimum atomic E-state index is -3.35. The zero-order valence-corrected chi connectivity index (χ0v) is 12.4. The van der Waals surface area contributed by atoms with Gasteiger partial charge >= 0.3 is 0 Å². The Balaban J connectivity index is 2.15. The van der Waals surface area contributed by atoms with Gasteiger partial charge in [-0.1, -0.05) is 12.1 Å². The molecule has 1 rings (SSSR count). The van der Waals surface area contributed by atoms with Crippen LogP contribution in [-0.2, 0) is 9.05 Å². The molecule has 0 aliphatic heterocycles. The largest absolute Gasteiger partial charge is 0.492 e. The number of halogens is 2. The van der Waals surface area contributed by atoms with E-state index in [1.807, 2.05) is 24.3 Å². The Hall–Kier alpha value is -0.260. The monoisotopic (exact) mass is 340 g/mol. The van der Waals surface area contributed by atoms with Gasteiger partial charge in [0.2, 0.25) is 9.05 Å². The van der Waals surface area contributed by atoms with E-state index in [2.05, 4.69) is 15.9 Å². The van der Waals surface area contributed by atoms with Crippen LogP contribution in [0.4, 0.5) is 0 Å². The fourth-order valence-electron chi connectivity index (χ4n) is 1.30. The molecule has 0 unspecified atom stereocenters. The summed E-state index contributed by atoms with van der Waals surface area (Å²) in [6, 6.07) is 7.62. The Kier molecular flexibility index (Phi) is 6.30. The van der Waals surface area contributed by atoms with Crippen molar-refractivity contribution in [2.24, 2.45) is 0 Å². The average molecular weight is 342 g/mol. The highest BCUT2D eigenvalue weighted by molar-refractivity contribution is 9.10. The third-order valence-electron chi connectivity index (χ3n) is 2.13. The van der Waals surface area contributed by atoms with Crippen molar-refractivity contribution in [3.63, 3.8) is 0 Å². The molecule has 0 bridgehead atoms. The molecule has 0 saturated heterocycles. The molecular formula is C11H14BrClO3S. The summed E-state index contributed by atoms with van der Waals surface area (Å²) in [6.45, 7) is 0.574. The van der Waals surface area contributed by atoms with E-state index in [0.29, 0.717) is 13.0 Å². The molecule has 0 aromatic heterocycles. The normalized spacial score (nSPS) is 11.4. The number of ether oxygens (including phenoxy) is 1. The van der Waals surface area contributed by atoms with Gasteiger partial charge in [-0.2, -0.15) is 0 Å². The van der Waals surface area contributed by atoms with Gasteiger partial charge in [-0.3, -0.25) is 0 Å². The Morgan fingerprint density at radius 2 is 1.88 bits per heavy atom. The van der Waals surface area contributed by atoms with E-state index in [4.69, 9.17) is 15.4 Å². The van der Waals surface area contributed by atoms with Gasteiger partial charge in [-0.15, -0.1) is 0 Å². The van der Waals surface area contributed by atoms with Crippen LogP contribution >= 0.6 is 26.6 Å². The fourth-order valence-corrected chi connectivity index (χ4v) is 2.57. The van der Waals surface area contributed by atoms with Gasteiger partial charge in [-0.05, 0) is 47.3 Å². The van der Waals surface area contributed by atoms with E-state index >= 15 is 0 Å². The third kappa shape index (κ3) is 6.91. The first-order valence-electron chi connectivity index (χ1n) is 5.29. The van der Waals surface area contributed by atoms with Gasteiger partial charge in [0, 0.05) is 10.7 Å². The molecule has 17 heavy (non-hydrogen) atoms. The second kappa shape index (κ2) is 7.24. The standard InChI is InChI=1S/C11H14BrClO3S/c12-10-6-2-3-7-11(10)16-8-4-1-5-9-17(13,14)15/h2-3,6-7H,1,4-5,8-9H2. The quantitative estimate of drug-likeness (QED) is 0.562. The molecule has 0 amide bonds. The highest BCUT2D eigenvalue weighted by Crippen LogP contribution is 2.23. The van der Waals surface area contributed by atoms with Crippen molar-refractivity contribution < 1.29 is 13.2 Å². The lowest BCUT2D eigenvalue weighted by molar-refractivity contribution is 0.304. The molecule has 0 heterocycles. The number of hydrogen-bond acceptors (Lipinski definition) is 3. The third-order valence-corrected chi connectivity index (χ3v) is 4.02. The molecule has 0 saturated carbocycles. The number of para-hydroxylation sites is 1. The van der Waals surface area contributed by atoms with Crippen LogP contribution in [0.5, 0.6) is 5.75 Å². The van der Waals surface area contributed by atoms with Crippen molar-refractivity contribution in [2.75, 3.05) is 12.4 Å². The van der Waals surface area contributed by atoms with E-state index in [1.165, 1.54) is 0 Å². The highest BCUT2D eigenvalue weighted by Gasteiger charge is 2.04.